The van der Waals surface area contributed by atoms with Gasteiger partial charge in [0, 0.05) is 37.8 Å². The zero-order valence-electron chi connectivity index (χ0n) is 29.5. The Hall–Kier alpha value is -3.47. The Morgan fingerprint density at radius 2 is 1.74 bits per heavy atom. The summed E-state index contributed by atoms with van der Waals surface area (Å²) in [5.74, 6) is 1.69. The maximum atomic E-state index is 12.0. The average Bonchev–Trinajstić information content (AvgIpc) is 3.70. The summed E-state index contributed by atoms with van der Waals surface area (Å²) in [5.41, 5.74) is 2.16. The Morgan fingerprint density at radius 3 is 2.46 bits per heavy atom. The van der Waals surface area contributed by atoms with E-state index in [-0.39, 0.29) is 29.5 Å². The van der Waals surface area contributed by atoms with Crippen molar-refractivity contribution in [2.24, 2.45) is 11.8 Å². The second kappa shape index (κ2) is 16.7. The highest BCUT2D eigenvalue weighted by Gasteiger charge is 2.48. The van der Waals surface area contributed by atoms with Crippen LogP contribution in [-0.2, 0) is 21.6 Å². The van der Waals surface area contributed by atoms with Crippen LogP contribution in [0.15, 0.2) is 72.8 Å². The topological polar surface area (TPSA) is 120 Å². The molecule has 50 heavy (non-hydrogen) atoms. The molecule has 0 spiro atoms. The average molecular weight is 687 g/mol. The second-order valence-corrected chi connectivity index (χ2v) is 15.1. The number of rotatable bonds is 18. The van der Waals surface area contributed by atoms with E-state index in [9.17, 15) is 20.1 Å². The molecule has 0 aromatic heterocycles. The van der Waals surface area contributed by atoms with Gasteiger partial charge in [0.25, 0.3) is 0 Å². The SMILES string of the molecule is CC(Cc1ccc(OCCC[N+]23CCC(CC2)[C@@H](OC[C@@](O)(c2ccccc2)C2CCCC2)C3)cc1)NC[C@H](O)c1ccc(O)c(NC=O)c1. The van der Waals surface area contributed by atoms with E-state index < -0.39 is 11.7 Å². The van der Waals surface area contributed by atoms with Crippen molar-refractivity contribution in [2.45, 2.75) is 82.1 Å². The molecule has 3 aromatic rings. The number of amides is 1. The lowest BCUT2D eigenvalue weighted by molar-refractivity contribution is -0.946. The number of ether oxygens (including phenoxy) is 2. The van der Waals surface area contributed by atoms with Gasteiger partial charge in [0.05, 0.1) is 44.6 Å². The monoisotopic (exact) mass is 686 g/mol. The normalized spacial score (nSPS) is 24.4. The van der Waals surface area contributed by atoms with E-state index >= 15 is 0 Å². The molecule has 3 heterocycles. The molecule has 9 nitrogen and oxygen atoms in total. The molecule has 3 aliphatic heterocycles. The molecule has 3 saturated heterocycles. The number of hydrogen-bond donors (Lipinski definition) is 5. The minimum Gasteiger partial charge on any atom is -0.506 e. The molecule has 5 N–H and O–H groups in total. The van der Waals surface area contributed by atoms with Gasteiger partial charge in [-0.15, -0.1) is 0 Å². The van der Waals surface area contributed by atoms with Crippen molar-refractivity contribution in [2.75, 3.05) is 51.3 Å². The number of phenolic OH excluding ortho intramolecular Hbond substituents is 1. The van der Waals surface area contributed by atoms with Gasteiger partial charge in [-0.05, 0) is 73.1 Å². The number of anilines is 1. The number of benzene rings is 3. The summed E-state index contributed by atoms with van der Waals surface area (Å²) in [6.07, 6.45) is 8.63. The quantitative estimate of drug-likeness (QED) is 0.0505. The summed E-state index contributed by atoms with van der Waals surface area (Å²) >= 11 is 0. The Balaban J connectivity index is 0.927. The number of aliphatic hydroxyl groups is 2. The van der Waals surface area contributed by atoms with Crippen molar-refractivity contribution in [3.63, 3.8) is 0 Å². The van der Waals surface area contributed by atoms with Crippen LogP contribution in [-0.4, -0.2) is 84.3 Å². The first-order valence-corrected chi connectivity index (χ1v) is 18.7. The summed E-state index contributed by atoms with van der Waals surface area (Å²) in [6.45, 7) is 8.04. The third-order valence-corrected chi connectivity index (χ3v) is 11.7. The van der Waals surface area contributed by atoms with E-state index in [4.69, 9.17) is 9.47 Å². The summed E-state index contributed by atoms with van der Waals surface area (Å²) in [4.78, 5) is 10.8. The van der Waals surface area contributed by atoms with Crippen molar-refractivity contribution in [3.8, 4) is 11.5 Å². The van der Waals surface area contributed by atoms with Crippen LogP contribution in [0.5, 0.6) is 11.5 Å². The highest BCUT2D eigenvalue weighted by Crippen LogP contribution is 2.42. The molecule has 7 rings (SSSR count). The molecule has 1 unspecified atom stereocenters. The number of hydrogen-bond acceptors (Lipinski definition) is 7. The van der Waals surface area contributed by atoms with E-state index in [0.717, 1.165) is 54.6 Å². The highest BCUT2D eigenvalue weighted by molar-refractivity contribution is 5.75. The van der Waals surface area contributed by atoms with Crippen LogP contribution in [0.2, 0.25) is 0 Å². The Labute approximate surface area is 297 Å². The molecule has 1 amide bonds. The molecule has 2 bridgehead atoms. The predicted molar refractivity (Wildman–Crippen MR) is 195 cm³/mol. The highest BCUT2D eigenvalue weighted by atomic mass is 16.5. The van der Waals surface area contributed by atoms with Crippen LogP contribution in [0.25, 0.3) is 0 Å². The third-order valence-electron chi connectivity index (χ3n) is 11.7. The van der Waals surface area contributed by atoms with Crippen molar-refractivity contribution >= 4 is 12.1 Å². The van der Waals surface area contributed by atoms with Crippen LogP contribution in [0.1, 0.15) is 74.7 Å². The van der Waals surface area contributed by atoms with E-state index in [0.29, 0.717) is 37.6 Å². The van der Waals surface area contributed by atoms with Gasteiger partial charge in [0.1, 0.15) is 29.7 Å². The first kappa shape index (κ1) is 36.3. The largest absolute Gasteiger partial charge is 0.506 e. The van der Waals surface area contributed by atoms with Gasteiger partial charge in [-0.3, -0.25) is 4.79 Å². The number of carbonyl (C=O) groups is 1. The molecular formula is C41H56N3O6+. The van der Waals surface area contributed by atoms with E-state index in [2.05, 4.69) is 41.8 Å². The fourth-order valence-corrected chi connectivity index (χ4v) is 8.63. The Morgan fingerprint density at radius 1 is 1.00 bits per heavy atom. The van der Waals surface area contributed by atoms with Gasteiger partial charge < -0.3 is 39.9 Å². The standard InChI is InChI=1S/C41H55N3O6/c1-30(42-26-39(47)33-14-17-38(46)37(25-33)43-29-45)24-31-12-15-36(16-13-31)49-23-7-20-44-21-18-32(19-22-44)40(27-44)50-28-41(48,35-10-5-6-11-35)34-8-3-2-4-9-34/h2-4,8-9,12-17,25,29-30,32,35,39-40,42,47-48H,5-7,10-11,18-24,26-28H2,1H3,(H-,43,45,46)/p+1/t30?,32?,39-,40-,41+,44?/m0/s1. The van der Waals surface area contributed by atoms with Crippen molar-refractivity contribution in [1.29, 1.82) is 0 Å². The molecule has 9 heteroatoms. The Kier molecular flexibility index (Phi) is 12.1. The van der Waals surface area contributed by atoms with E-state index in [1.54, 1.807) is 12.1 Å². The molecule has 4 aliphatic rings. The first-order valence-electron chi connectivity index (χ1n) is 18.7. The van der Waals surface area contributed by atoms with E-state index in [1.807, 2.05) is 30.3 Å². The molecular weight excluding hydrogens is 630 g/mol. The number of phenols is 1. The van der Waals surface area contributed by atoms with Gasteiger partial charge >= 0.3 is 0 Å². The predicted octanol–water partition coefficient (Wildman–Crippen LogP) is 5.69. The van der Waals surface area contributed by atoms with E-state index in [1.165, 1.54) is 50.4 Å². The molecule has 4 fully saturated rings. The fraction of sp³-hybridized carbons (Fsp3) is 0.537. The van der Waals surface area contributed by atoms with Gasteiger partial charge in [-0.1, -0.05) is 61.4 Å². The number of quaternary nitrogens is 1. The summed E-state index contributed by atoms with van der Waals surface area (Å²) in [6, 6.07) is 23.3. The maximum absolute atomic E-state index is 12.0. The molecule has 3 aromatic carbocycles. The van der Waals surface area contributed by atoms with Crippen molar-refractivity contribution < 1.29 is 34.1 Å². The first-order chi connectivity index (χ1) is 24.3. The van der Waals surface area contributed by atoms with Crippen LogP contribution < -0.4 is 15.4 Å². The van der Waals surface area contributed by atoms with Crippen LogP contribution in [0.3, 0.4) is 0 Å². The van der Waals surface area contributed by atoms with Gasteiger partial charge in [-0.2, -0.15) is 0 Å². The zero-order valence-corrected chi connectivity index (χ0v) is 29.5. The van der Waals surface area contributed by atoms with Crippen LogP contribution in [0, 0.1) is 11.8 Å². The minimum absolute atomic E-state index is 0.0418. The lowest BCUT2D eigenvalue weighted by atomic mass is 9.80. The number of piperidine rings is 3. The molecule has 1 aliphatic carbocycles. The Bertz CT molecular complexity index is 1510. The molecule has 270 valence electrons. The maximum Gasteiger partial charge on any atom is 0.211 e. The lowest BCUT2D eigenvalue weighted by Crippen LogP contribution is -2.65. The van der Waals surface area contributed by atoms with Crippen LogP contribution in [0.4, 0.5) is 5.69 Å². The number of nitrogens with zero attached hydrogens (tertiary/aromatic N) is 1. The zero-order chi connectivity index (χ0) is 35.0. The summed E-state index contributed by atoms with van der Waals surface area (Å²) in [7, 11) is 0. The van der Waals surface area contributed by atoms with Gasteiger partial charge in [0.2, 0.25) is 6.41 Å². The number of carbonyl (C=O) groups excluding carboxylic acids is 1. The molecule has 4 atom stereocenters. The molecule has 1 saturated carbocycles. The van der Waals surface area contributed by atoms with Crippen molar-refractivity contribution in [1.82, 2.24) is 5.32 Å². The minimum atomic E-state index is -0.911. The number of fused-ring (bicyclic) bond motifs is 3. The third kappa shape index (κ3) is 8.87. The summed E-state index contributed by atoms with van der Waals surface area (Å²) < 4.78 is 14.0. The number of nitrogens with one attached hydrogen (secondary N) is 2. The lowest BCUT2D eigenvalue weighted by Gasteiger charge is -2.53. The number of aliphatic hydroxyl groups excluding tert-OH is 1. The smallest absolute Gasteiger partial charge is 0.211 e. The second-order valence-electron chi connectivity index (χ2n) is 15.1. The van der Waals surface area contributed by atoms with Gasteiger partial charge in [-0.25, -0.2) is 0 Å². The fourth-order valence-electron chi connectivity index (χ4n) is 8.63. The van der Waals surface area contributed by atoms with Crippen LogP contribution >= 0.6 is 0 Å². The summed E-state index contributed by atoms with van der Waals surface area (Å²) in [5, 5.41) is 38.3. The number of aromatic hydroxyl groups is 1. The van der Waals surface area contributed by atoms with Gasteiger partial charge in [0.15, 0.2) is 0 Å². The molecule has 0 radical (unpaired) electrons. The van der Waals surface area contributed by atoms with Crippen molar-refractivity contribution in [3.05, 3.63) is 89.5 Å².